The van der Waals surface area contributed by atoms with Crippen LogP contribution in [0.25, 0.3) is 0 Å². The topological polar surface area (TPSA) is 58.4 Å². The van der Waals surface area contributed by atoms with Gasteiger partial charge in [0.1, 0.15) is 6.26 Å². The van der Waals surface area contributed by atoms with Gasteiger partial charge in [-0.15, -0.1) is 0 Å². The smallest absolute Gasteiger partial charge is 0.276 e. The van der Waals surface area contributed by atoms with Crippen LogP contribution < -0.4 is 5.32 Å². The Morgan fingerprint density at radius 3 is 3.19 bits per heavy atom. The minimum atomic E-state index is -0.0510. The Kier molecular flexibility index (Phi) is 3.56. The largest absolute Gasteiger partial charge is 0.364 e. The molecule has 16 heavy (non-hydrogen) atoms. The zero-order valence-electron chi connectivity index (χ0n) is 9.48. The van der Waals surface area contributed by atoms with Crippen LogP contribution in [0.3, 0.4) is 0 Å². The molecule has 1 N–H and O–H groups in total. The van der Waals surface area contributed by atoms with E-state index in [4.69, 9.17) is 0 Å². The zero-order valence-corrected chi connectivity index (χ0v) is 9.48. The highest BCUT2D eigenvalue weighted by molar-refractivity contribution is 5.92. The molecule has 5 nitrogen and oxygen atoms in total. The van der Waals surface area contributed by atoms with Gasteiger partial charge in [0.25, 0.3) is 5.91 Å². The maximum atomic E-state index is 12.0. The molecule has 0 aliphatic carbocycles. The predicted molar refractivity (Wildman–Crippen MR) is 59.1 cm³/mol. The second-order valence-electron chi connectivity index (χ2n) is 4.02. The number of likely N-dealkylation sites (N-methyl/N-ethyl adjacent to an activating group) is 1. The number of carbonyl (C=O) groups excluding carboxylic acids is 1. The van der Waals surface area contributed by atoms with E-state index in [0.29, 0.717) is 18.3 Å². The van der Waals surface area contributed by atoms with Crippen LogP contribution in [0, 0.1) is 0 Å². The average Bonchev–Trinajstić information content (AvgIpc) is 2.97. The highest BCUT2D eigenvalue weighted by Gasteiger charge is 2.22. The van der Waals surface area contributed by atoms with Crippen LogP contribution in [0.15, 0.2) is 16.9 Å². The summed E-state index contributed by atoms with van der Waals surface area (Å²) in [6, 6.07) is 2.03. The van der Waals surface area contributed by atoms with E-state index in [1.165, 1.54) is 12.7 Å². The molecule has 1 atom stereocenters. The Labute approximate surface area is 94.8 Å². The van der Waals surface area contributed by atoms with Gasteiger partial charge in [0.15, 0.2) is 5.69 Å². The van der Waals surface area contributed by atoms with Gasteiger partial charge in [-0.25, -0.2) is 0 Å². The average molecular weight is 223 g/mol. The van der Waals surface area contributed by atoms with Crippen molar-refractivity contribution >= 4 is 5.91 Å². The molecule has 88 valence electrons. The van der Waals surface area contributed by atoms with Gasteiger partial charge in [-0.2, -0.15) is 0 Å². The first kappa shape index (κ1) is 11.1. The number of rotatable bonds is 4. The second-order valence-corrected chi connectivity index (χ2v) is 4.02. The highest BCUT2D eigenvalue weighted by atomic mass is 16.5. The number of amides is 1. The van der Waals surface area contributed by atoms with Gasteiger partial charge in [0.05, 0.1) is 0 Å². The van der Waals surface area contributed by atoms with Crippen LogP contribution in [-0.2, 0) is 0 Å². The van der Waals surface area contributed by atoms with Crippen molar-refractivity contribution in [2.75, 3.05) is 19.6 Å². The molecule has 0 saturated carbocycles. The van der Waals surface area contributed by atoms with Crippen LogP contribution in [0.1, 0.15) is 30.3 Å². The molecular formula is C11H17N3O2. The fourth-order valence-electron chi connectivity index (χ4n) is 2.02. The normalized spacial score (nSPS) is 19.9. The van der Waals surface area contributed by atoms with Crippen molar-refractivity contribution in [3.05, 3.63) is 18.0 Å². The number of carbonyl (C=O) groups is 1. The lowest BCUT2D eigenvalue weighted by Crippen LogP contribution is -2.41. The third kappa shape index (κ3) is 2.41. The Bertz CT molecular complexity index is 331. The molecule has 1 aliphatic rings. The first-order chi connectivity index (χ1) is 7.81. The van der Waals surface area contributed by atoms with E-state index in [2.05, 4.69) is 15.0 Å². The van der Waals surface area contributed by atoms with Gasteiger partial charge in [-0.3, -0.25) is 4.79 Å². The summed E-state index contributed by atoms with van der Waals surface area (Å²) in [5, 5.41) is 7.06. The molecule has 1 unspecified atom stereocenters. The van der Waals surface area contributed by atoms with Crippen LogP contribution in [-0.4, -0.2) is 41.6 Å². The van der Waals surface area contributed by atoms with Gasteiger partial charge >= 0.3 is 0 Å². The number of aromatic nitrogens is 1. The third-order valence-corrected chi connectivity index (χ3v) is 2.93. The maximum Gasteiger partial charge on any atom is 0.276 e. The van der Waals surface area contributed by atoms with Crippen molar-refractivity contribution in [1.29, 1.82) is 0 Å². The summed E-state index contributed by atoms with van der Waals surface area (Å²) in [5.41, 5.74) is 0.389. The van der Waals surface area contributed by atoms with Crippen LogP contribution in [0.4, 0.5) is 0 Å². The van der Waals surface area contributed by atoms with Crippen molar-refractivity contribution in [2.24, 2.45) is 0 Å². The van der Waals surface area contributed by atoms with Gasteiger partial charge in [0, 0.05) is 25.2 Å². The summed E-state index contributed by atoms with van der Waals surface area (Å²) in [6.07, 6.45) is 3.76. The molecule has 0 aromatic carbocycles. The quantitative estimate of drug-likeness (QED) is 0.823. The summed E-state index contributed by atoms with van der Waals surface area (Å²) in [6.45, 7) is 4.49. The lowest BCUT2D eigenvalue weighted by Gasteiger charge is -2.23. The first-order valence-electron chi connectivity index (χ1n) is 5.74. The lowest BCUT2D eigenvalue weighted by atomic mass is 10.2. The molecule has 0 spiro atoms. The van der Waals surface area contributed by atoms with Crippen molar-refractivity contribution < 1.29 is 9.32 Å². The Balaban J connectivity index is 1.96. The van der Waals surface area contributed by atoms with E-state index in [1.807, 2.05) is 6.92 Å². The van der Waals surface area contributed by atoms with Gasteiger partial charge < -0.3 is 14.7 Å². The van der Waals surface area contributed by atoms with Crippen LogP contribution in [0.5, 0.6) is 0 Å². The van der Waals surface area contributed by atoms with E-state index in [1.54, 1.807) is 11.0 Å². The molecule has 1 aromatic rings. The molecule has 1 saturated heterocycles. The summed E-state index contributed by atoms with van der Waals surface area (Å²) in [5.74, 6) is -0.0510. The molecular weight excluding hydrogens is 206 g/mol. The molecule has 5 heteroatoms. The number of nitrogens with zero attached hydrogens (tertiary/aromatic N) is 2. The second kappa shape index (κ2) is 5.12. The fraction of sp³-hybridized carbons (Fsp3) is 0.636. The standard InChI is InChI=1S/C11H17N3O2/c1-2-14(8-9-4-3-6-12-9)11(15)10-5-7-16-13-10/h5,7,9,12H,2-4,6,8H2,1H3. The fourth-order valence-corrected chi connectivity index (χ4v) is 2.02. The summed E-state index contributed by atoms with van der Waals surface area (Å²) in [4.78, 5) is 13.8. The zero-order chi connectivity index (χ0) is 11.4. The third-order valence-electron chi connectivity index (χ3n) is 2.93. The van der Waals surface area contributed by atoms with Gasteiger partial charge in [-0.05, 0) is 26.3 Å². The molecule has 1 fully saturated rings. The predicted octanol–water partition coefficient (Wildman–Crippen LogP) is 0.889. The minimum Gasteiger partial charge on any atom is -0.364 e. The van der Waals surface area contributed by atoms with Crippen molar-refractivity contribution in [3.63, 3.8) is 0 Å². The first-order valence-corrected chi connectivity index (χ1v) is 5.74. The van der Waals surface area contributed by atoms with Crippen molar-refractivity contribution in [3.8, 4) is 0 Å². The molecule has 2 heterocycles. The number of hydrogen-bond donors (Lipinski definition) is 1. The molecule has 1 aromatic heterocycles. The van der Waals surface area contributed by atoms with Crippen molar-refractivity contribution in [2.45, 2.75) is 25.8 Å². The van der Waals surface area contributed by atoms with E-state index in [0.717, 1.165) is 19.5 Å². The number of hydrogen-bond acceptors (Lipinski definition) is 4. The van der Waals surface area contributed by atoms with Crippen LogP contribution >= 0.6 is 0 Å². The van der Waals surface area contributed by atoms with E-state index >= 15 is 0 Å². The van der Waals surface area contributed by atoms with E-state index in [-0.39, 0.29) is 5.91 Å². The van der Waals surface area contributed by atoms with E-state index < -0.39 is 0 Å². The molecule has 1 aliphatic heterocycles. The van der Waals surface area contributed by atoms with Crippen LogP contribution in [0.2, 0.25) is 0 Å². The molecule has 0 bridgehead atoms. The molecule has 2 rings (SSSR count). The lowest BCUT2D eigenvalue weighted by molar-refractivity contribution is 0.0741. The monoisotopic (exact) mass is 223 g/mol. The Morgan fingerprint density at radius 2 is 2.62 bits per heavy atom. The SMILES string of the molecule is CCN(CC1CCCN1)C(=O)c1ccon1. The number of nitrogens with one attached hydrogen (secondary N) is 1. The van der Waals surface area contributed by atoms with E-state index in [9.17, 15) is 4.79 Å². The van der Waals surface area contributed by atoms with Gasteiger partial charge in [-0.1, -0.05) is 5.16 Å². The summed E-state index contributed by atoms with van der Waals surface area (Å²) >= 11 is 0. The molecule has 0 radical (unpaired) electrons. The van der Waals surface area contributed by atoms with Gasteiger partial charge in [0.2, 0.25) is 0 Å². The Morgan fingerprint density at radius 1 is 1.75 bits per heavy atom. The Hall–Kier alpha value is -1.36. The minimum absolute atomic E-state index is 0.0510. The summed E-state index contributed by atoms with van der Waals surface area (Å²) < 4.78 is 4.69. The maximum absolute atomic E-state index is 12.0. The molecule has 1 amide bonds. The summed E-state index contributed by atoms with van der Waals surface area (Å²) in [7, 11) is 0. The highest BCUT2D eigenvalue weighted by Crippen LogP contribution is 2.09. The van der Waals surface area contributed by atoms with Crippen molar-refractivity contribution in [1.82, 2.24) is 15.4 Å².